The van der Waals surface area contributed by atoms with E-state index < -0.39 is 21.9 Å². The van der Waals surface area contributed by atoms with Crippen molar-refractivity contribution >= 4 is 21.9 Å². The van der Waals surface area contributed by atoms with Crippen LogP contribution in [0.3, 0.4) is 0 Å². The lowest BCUT2D eigenvalue weighted by Crippen LogP contribution is -2.36. The molecular formula is C9H16N2O5S. The Morgan fingerprint density at radius 3 is 2.59 bits per heavy atom. The first-order valence-corrected chi connectivity index (χ1v) is 6.98. The fraction of sp³-hybridized carbons (Fsp3) is 0.778. The zero-order valence-electron chi connectivity index (χ0n) is 9.79. The summed E-state index contributed by atoms with van der Waals surface area (Å²) in [6.07, 6.45) is 1.08. The van der Waals surface area contributed by atoms with E-state index >= 15 is 0 Å². The van der Waals surface area contributed by atoms with Crippen LogP contribution in [-0.4, -0.2) is 67.5 Å². The third kappa shape index (κ3) is 3.67. The number of sulfonamides is 1. The molecule has 1 saturated heterocycles. The lowest BCUT2D eigenvalue weighted by atomic mass is 10.1. The first kappa shape index (κ1) is 13.9. The van der Waals surface area contributed by atoms with Crippen LogP contribution in [-0.2, 0) is 19.6 Å². The molecule has 1 aliphatic rings. The Balaban J connectivity index is 2.49. The van der Waals surface area contributed by atoms with Gasteiger partial charge in [0.25, 0.3) is 0 Å². The third-order valence-electron chi connectivity index (χ3n) is 2.81. The second kappa shape index (κ2) is 5.01. The van der Waals surface area contributed by atoms with E-state index in [0.29, 0.717) is 0 Å². The van der Waals surface area contributed by atoms with E-state index in [-0.39, 0.29) is 32.0 Å². The molecule has 8 heteroatoms. The van der Waals surface area contributed by atoms with Crippen LogP contribution < -0.4 is 0 Å². The highest BCUT2D eigenvalue weighted by Crippen LogP contribution is 2.17. The van der Waals surface area contributed by atoms with Crippen molar-refractivity contribution in [2.24, 2.45) is 5.92 Å². The summed E-state index contributed by atoms with van der Waals surface area (Å²) < 4.78 is 23.4. The quantitative estimate of drug-likeness (QED) is 0.673. The molecule has 7 nitrogen and oxygen atoms in total. The first-order chi connectivity index (χ1) is 7.71. The van der Waals surface area contributed by atoms with Gasteiger partial charge in [0, 0.05) is 33.1 Å². The van der Waals surface area contributed by atoms with Crippen LogP contribution in [0.4, 0.5) is 0 Å². The Labute approximate surface area is 100 Å². The average Bonchev–Trinajstić information content (AvgIpc) is 2.55. The van der Waals surface area contributed by atoms with Crippen LogP contribution in [0.1, 0.15) is 6.42 Å². The monoisotopic (exact) mass is 264 g/mol. The van der Waals surface area contributed by atoms with Gasteiger partial charge in [-0.25, -0.2) is 12.7 Å². The summed E-state index contributed by atoms with van der Waals surface area (Å²) in [4.78, 5) is 23.5. The van der Waals surface area contributed by atoms with E-state index in [2.05, 4.69) is 0 Å². The third-order valence-corrected chi connectivity index (χ3v) is 4.13. The van der Waals surface area contributed by atoms with E-state index in [1.54, 1.807) is 0 Å². The summed E-state index contributed by atoms with van der Waals surface area (Å²) in [5, 5.41) is 8.77. The fourth-order valence-electron chi connectivity index (χ4n) is 1.58. The first-order valence-electron chi connectivity index (χ1n) is 5.13. The summed E-state index contributed by atoms with van der Waals surface area (Å²) >= 11 is 0. The molecular weight excluding hydrogens is 248 g/mol. The molecule has 0 spiro atoms. The second-order valence-corrected chi connectivity index (χ2v) is 6.25. The highest BCUT2D eigenvalue weighted by molar-refractivity contribution is 7.88. The Bertz CT molecular complexity index is 419. The molecule has 0 aromatic rings. The molecule has 0 radical (unpaired) electrons. The minimum atomic E-state index is -3.26. The number of carboxylic acids is 1. The molecule has 0 aromatic heterocycles. The van der Waals surface area contributed by atoms with Crippen molar-refractivity contribution in [3.63, 3.8) is 0 Å². The lowest BCUT2D eigenvalue weighted by molar-refractivity contribution is -0.141. The van der Waals surface area contributed by atoms with Gasteiger partial charge < -0.3 is 10.0 Å². The molecule has 1 unspecified atom stereocenters. The van der Waals surface area contributed by atoms with Crippen molar-refractivity contribution in [1.29, 1.82) is 0 Å². The molecule has 0 bridgehead atoms. The van der Waals surface area contributed by atoms with Crippen LogP contribution >= 0.6 is 0 Å². The van der Waals surface area contributed by atoms with Crippen molar-refractivity contribution in [2.45, 2.75) is 6.42 Å². The average molecular weight is 264 g/mol. The van der Waals surface area contributed by atoms with Gasteiger partial charge >= 0.3 is 5.97 Å². The maximum atomic E-state index is 11.4. The summed E-state index contributed by atoms with van der Waals surface area (Å²) in [6, 6.07) is 0. The molecule has 1 atom stereocenters. The number of nitrogens with zero attached hydrogens (tertiary/aromatic N) is 2. The summed E-state index contributed by atoms with van der Waals surface area (Å²) in [7, 11) is -1.84. The molecule has 1 aliphatic heterocycles. The summed E-state index contributed by atoms with van der Waals surface area (Å²) in [5.74, 6) is -1.90. The molecule has 0 saturated carbocycles. The standard InChI is InChI=1S/C9H16N2O5S/c1-10(17(2,15)16)3-4-11-6-7(9(13)14)5-8(11)12/h7H,3-6H2,1-2H3,(H,13,14). The van der Waals surface area contributed by atoms with Crippen molar-refractivity contribution < 1.29 is 23.1 Å². The van der Waals surface area contributed by atoms with Gasteiger partial charge in [-0.1, -0.05) is 0 Å². The van der Waals surface area contributed by atoms with Gasteiger partial charge in [0.15, 0.2) is 0 Å². The zero-order chi connectivity index (χ0) is 13.2. The van der Waals surface area contributed by atoms with E-state index in [1.807, 2.05) is 0 Å². The molecule has 0 aliphatic carbocycles. The highest BCUT2D eigenvalue weighted by atomic mass is 32.2. The number of carboxylic acid groups (broad SMARTS) is 1. The number of carbonyl (C=O) groups excluding carboxylic acids is 1. The SMILES string of the molecule is CN(CCN1CC(C(=O)O)CC1=O)S(C)(=O)=O. The number of hydrogen-bond donors (Lipinski definition) is 1. The van der Waals surface area contributed by atoms with Crippen LogP contribution in [0.15, 0.2) is 0 Å². The van der Waals surface area contributed by atoms with Crippen LogP contribution in [0.25, 0.3) is 0 Å². The van der Waals surface area contributed by atoms with E-state index in [1.165, 1.54) is 11.9 Å². The normalized spacial score (nSPS) is 21.2. The molecule has 1 rings (SSSR count). The second-order valence-electron chi connectivity index (χ2n) is 4.16. The molecule has 1 N–H and O–H groups in total. The minimum Gasteiger partial charge on any atom is -0.481 e. The smallest absolute Gasteiger partial charge is 0.308 e. The van der Waals surface area contributed by atoms with Crippen LogP contribution in [0, 0.1) is 5.92 Å². The Morgan fingerprint density at radius 1 is 1.59 bits per heavy atom. The number of likely N-dealkylation sites (N-methyl/N-ethyl adjacent to an activating group) is 1. The number of hydrogen-bond acceptors (Lipinski definition) is 4. The van der Waals surface area contributed by atoms with Gasteiger partial charge in [-0.2, -0.15) is 0 Å². The molecule has 0 aromatic carbocycles. The number of aliphatic carboxylic acids is 1. The molecule has 1 heterocycles. The maximum Gasteiger partial charge on any atom is 0.308 e. The van der Waals surface area contributed by atoms with E-state index in [4.69, 9.17) is 5.11 Å². The van der Waals surface area contributed by atoms with E-state index in [9.17, 15) is 18.0 Å². The molecule has 1 fully saturated rings. The maximum absolute atomic E-state index is 11.4. The van der Waals surface area contributed by atoms with Crippen molar-refractivity contribution in [3.05, 3.63) is 0 Å². The summed E-state index contributed by atoms with van der Waals surface area (Å²) in [6.45, 7) is 0.564. The minimum absolute atomic E-state index is 0.00206. The van der Waals surface area contributed by atoms with Crippen LogP contribution in [0.5, 0.6) is 0 Å². The predicted molar refractivity (Wildman–Crippen MR) is 59.8 cm³/mol. The van der Waals surface area contributed by atoms with Gasteiger partial charge in [-0.05, 0) is 0 Å². The Kier molecular flexibility index (Phi) is 4.10. The van der Waals surface area contributed by atoms with Gasteiger partial charge in [-0.15, -0.1) is 0 Å². The van der Waals surface area contributed by atoms with Crippen LogP contribution in [0.2, 0.25) is 0 Å². The number of amides is 1. The fourth-order valence-corrected chi connectivity index (χ4v) is 1.99. The van der Waals surface area contributed by atoms with Gasteiger partial charge in [0.2, 0.25) is 15.9 Å². The zero-order valence-corrected chi connectivity index (χ0v) is 10.6. The number of likely N-dealkylation sites (tertiary alicyclic amines) is 1. The van der Waals surface area contributed by atoms with Gasteiger partial charge in [0.05, 0.1) is 12.2 Å². The van der Waals surface area contributed by atoms with Crippen molar-refractivity contribution in [1.82, 2.24) is 9.21 Å². The molecule has 98 valence electrons. The molecule has 1 amide bonds. The highest BCUT2D eigenvalue weighted by Gasteiger charge is 2.34. The van der Waals surface area contributed by atoms with Crippen molar-refractivity contribution in [3.8, 4) is 0 Å². The Morgan fingerprint density at radius 2 is 2.18 bits per heavy atom. The Hall–Kier alpha value is -1.15. The van der Waals surface area contributed by atoms with Crippen molar-refractivity contribution in [2.75, 3.05) is 32.9 Å². The lowest BCUT2D eigenvalue weighted by Gasteiger charge is -2.20. The number of rotatable bonds is 5. The molecule has 17 heavy (non-hydrogen) atoms. The van der Waals surface area contributed by atoms with Gasteiger partial charge in [0.1, 0.15) is 0 Å². The topological polar surface area (TPSA) is 95.0 Å². The largest absolute Gasteiger partial charge is 0.481 e. The summed E-state index contributed by atoms with van der Waals surface area (Å²) in [5.41, 5.74) is 0. The van der Waals surface area contributed by atoms with E-state index in [0.717, 1.165) is 10.6 Å². The van der Waals surface area contributed by atoms with Gasteiger partial charge in [-0.3, -0.25) is 9.59 Å². The number of carbonyl (C=O) groups is 2. The predicted octanol–water partition coefficient (Wildman–Crippen LogP) is -1.19.